The minimum absolute atomic E-state index is 0.394. The molecule has 2 heterocycles. The average Bonchev–Trinajstić information content (AvgIpc) is 3.37. The number of benzene rings is 2. The molecule has 30 heavy (non-hydrogen) atoms. The van der Waals surface area contributed by atoms with E-state index in [1.54, 1.807) is 0 Å². The van der Waals surface area contributed by atoms with Crippen LogP contribution in [0.4, 0.5) is 0 Å². The topological polar surface area (TPSA) is 56.7 Å². The monoisotopic (exact) mass is 418 g/mol. The van der Waals surface area contributed by atoms with Crippen molar-refractivity contribution in [3.05, 3.63) is 76.8 Å². The standard InChI is InChI=1S/C24H23ClN4O/c1-5-8-20-15(3)11-18(12-16(20)4)23-26-24(30-28-23)21-14-22(29(6-2)27-21)17-9-7-10-19(25)13-17/h5,7,9-14H,1,6,8H2,2-4H3. The molecule has 5 nitrogen and oxygen atoms in total. The lowest BCUT2D eigenvalue weighted by molar-refractivity contribution is 0.430. The van der Waals surface area contributed by atoms with Gasteiger partial charge in [0.2, 0.25) is 5.82 Å². The van der Waals surface area contributed by atoms with Crippen molar-refractivity contribution >= 4 is 11.6 Å². The average molecular weight is 419 g/mol. The van der Waals surface area contributed by atoms with Crippen molar-refractivity contribution in [1.29, 1.82) is 0 Å². The summed E-state index contributed by atoms with van der Waals surface area (Å²) in [5.74, 6) is 0.947. The zero-order valence-corrected chi connectivity index (χ0v) is 18.1. The van der Waals surface area contributed by atoms with Gasteiger partial charge in [0.25, 0.3) is 5.89 Å². The van der Waals surface area contributed by atoms with Crippen LogP contribution in [0.2, 0.25) is 5.02 Å². The van der Waals surface area contributed by atoms with Gasteiger partial charge in [-0.1, -0.05) is 35.0 Å². The van der Waals surface area contributed by atoms with E-state index in [1.807, 2.05) is 48.0 Å². The second-order valence-corrected chi connectivity index (χ2v) is 7.68. The first-order chi connectivity index (χ1) is 14.5. The molecule has 0 atom stereocenters. The molecule has 0 aliphatic carbocycles. The predicted octanol–water partition coefficient (Wildman–Crippen LogP) is 6.29. The van der Waals surface area contributed by atoms with Crippen LogP contribution in [0.5, 0.6) is 0 Å². The van der Waals surface area contributed by atoms with E-state index in [0.29, 0.717) is 29.0 Å². The summed E-state index contributed by atoms with van der Waals surface area (Å²) >= 11 is 6.17. The second-order valence-electron chi connectivity index (χ2n) is 7.25. The van der Waals surface area contributed by atoms with Gasteiger partial charge in [-0.05, 0) is 74.2 Å². The van der Waals surface area contributed by atoms with Crippen molar-refractivity contribution in [2.45, 2.75) is 33.7 Å². The Morgan fingerprint density at radius 3 is 2.53 bits per heavy atom. The van der Waals surface area contributed by atoms with Crippen LogP contribution in [0.15, 0.2) is 59.6 Å². The summed E-state index contributed by atoms with van der Waals surface area (Å²) in [5.41, 5.74) is 7.18. The lowest BCUT2D eigenvalue weighted by Gasteiger charge is -2.09. The highest BCUT2D eigenvalue weighted by Gasteiger charge is 2.18. The number of nitrogens with zero attached hydrogens (tertiary/aromatic N) is 4. The highest BCUT2D eigenvalue weighted by atomic mass is 35.5. The van der Waals surface area contributed by atoms with Crippen LogP contribution >= 0.6 is 11.6 Å². The fourth-order valence-electron chi connectivity index (χ4n) is 3.68. The van der Waals surface area contributed by atoms with E-state index < -0.39 is 0 Å². The fourth-order valence-corrected chi connectivity index (χ4v) is 3.87. The van der Waals surface area contributed by atoms with Gasteiger partial charge < -0.3 is 4.52 Å². The smallest absolute Gasteiger partial charge is 0.278 e. The van der Waals surface area contributed by atoms with E-state index >= 15 is 0 Å². The van der Waals surface area contributed by atoms with E-state index in [2.05, 4.69) is 47.8 Å². The van der Waals surface area contributed by atoms with Gasteiger partial charge in [0.1, 0.15) is 0 Å². The molecule has 2 aromatic heterocycles. The quantitative estimate of drug-likeness (QED) is 0.345. The van der Waals surface area contributed by atoms with E-state index in [-0.39, 0.29) is 0 Å². The first-order valence-corrected chi connectivity index (χ1v) is 10.3. The summed E-state index contributed by atoms with van der Waals surface area (Å²) in [6, 6.07) is 13.8. The lowest BCUT2D eigenvalue weighted by atomic mass is 9.97. The van der Waals surface area contributed by atoms with Crippen LogP contribution in [0.25, 0.3) is 34.2 Å². The Morgan fingerprint density at radius 2 is 1.87 bits per heavy atom. The third-order valence-electron chi connectivity index (χ3n) is 5.15. The van der Waals surface area contributed by atoms with E-state index in [9.17, 15) is 0 Å². The maximum absolute atomic E-state index is 6.17. The first-order valence-electron chi connectivity index (χ1n) is 9.89. The van der Waals surface area contributed by atoms with Crippen molar-refractivity contribution in [2.75, 3.05) is 0 Å². The number of aryl methyl sites for hydroxylation is 3. The fraction of sp³-hybridized carbons (Fsp3) is 0.208. The van der Waals surface area contributed by atoms with Crippen molar-refractivity contribution in [2.24, 2.45) is 0 Å². The Kier molecular flexibility index (Phi) is 5.55. The van der Waals surface area contributed by atoms with Gasteiger partial charge >= 0.3 is 0 Å². The first kappa shape index (κ1) is 20.1. The Balaban J connectivity index is 1.71. The lowest BCUT2D eigenvalue weighted by Crippen LogP contribution is -1.99. The van der Waals surface area contributed by atoms with Crippen LogP contribution in [-0.4, -0.2) is 19.9 Å². The number of aromatic nitrogens is 4. The molecule has 0 bridgehead atoms. The van der Waals surface area contributed by atoms with Crippen molar-refractivity contribution in [1.82, 2.24) is 19.9 Å². The summed E-state index contributed by atoms with van der Waals surface area (Å²) < 4.78 is 7.46. The molecular weight excluding hydrogens is 396 g/mol. The van der Waals surface area contributed by atoms with Crippen LogP contribution in [0.1, 0.15) is 23.6 Å². The van der Waals surface area contributed by atoms with Gasteiger partial charge in [0, 0.05) is 22.7 Å². The minimum Gasteiger partial charge on any atom is -0.332 e. The summed E-state index contributed by atoms with van der Waals surface area (Å²) in [7, 11) is 0. The summed E-state index contributed by atoms with van der Waals surface area (Å²) in [6.45, 7) is 10.8. The normalized spacial score (nSPS) is 11.1. The molecule has 2 aromatic carbocycles. The molecule has 6 heteroatoms. The second kappa shape index (κ2) is 8.28. The highest BCUT2D eigenvalue weighted by molar-refractivity contribution is 6.30. The molecule has 0 spiro atoms. The predicted molar refractivity (Wildman–Crippen MR) is 120 cm³/mol. The zero-order chi connectivity index (χ0) is 21.3. The van der Waals surface area contributed by atoms with Crippen LogP contribution in [0, 0.1) is 13.8 Å². The Hall–Kier alpha value is -3.18. The zero-order valence-electron chi connectivity index (χ0n) is 17.3. The van der Waals surface area contributed by atoms with Gasteiger partial charge in [0.05, 0.1) is 5.69 Å². The molecule has 0 unspecified atom stereocenters. The Morgan fingerprint density at radius 1 is 1.10 bits per heavy atom. The molecule has 152 valence electrons. The molecule has 0 saturated carbocycles. The van der Waals surface area contributed by atoms with Crippen molar-refractivity contribution in [3.63, 3.8) is 0 Å². The molecule has 0 N–H and O–H groups in total. The van der Waals surface area contributed by atoms with Crippen molar-refractivity contribution in [3.8, 4) is 34.2 Å². The summed E-state index contributed by atoms with van der Waals surface area (Å²) in [4.78, 5) is 4.61. The Bertz CT molecular complexity index is 1200. The van der Waals surface area contributed by atoms with Gasteiger partial charge in [0.15, 0.2) is 5.69 Å². The number of halogens is 1. The number of rotatable bonds is 6. The van der Waals surface area contributed by atoms with Gasteiger partial charge in [-0.15, -0.1) is 6.58 Å². The van der Waals surface area contributed by atoms with Gasteiger partial charge in [-0.25, -0.2) is 0 Å². The van der Waals surface area contributed by atoms with Crippen LogP contribution in [0.3, 0.4) is 0 Å². The van der Waals surface area contributed by atoms with Crippen LogP contribution in [-0.2, 0) is 13.0 Å². The molecule has 0 radical (unpaired) electrons. The van der Waals surface area contributed by atoms with Crippen LogP contribution < -0.4 is 0 Å². The van der Waals surface area contributed by atoms with Crippen molar-refractivity contribution < 1.29 is 4.52 Å². The summed E-state index contributed by atoms with van der Waals surface area (Å²) in [6.07, 6.45) is 2.76. The largest absolute Gasteiger partial charge is 0.332 e. The third kappa shape index (κ3) is 3.81. The molecular formula is C24H23ClN4O. The maximum atomic E-state index is 6.17. The molecule has 0 aliphatic heterocycles. The highest BCUT2D eigenvalue weighted by Crippen LogP contribution is 2.29. The van der Waals surface area contributed by atoms with E-state index in [1.165, 1.54) is 16.7 Å². The number of hydrogen-bond donors (Lipinski definition) is 0. The molecule has 4 aromatic rings. The minimum atomic E-state index is 0.394. The molecule has 0 saturated heterocycles. The molecule has 4 rings (SSSR count). The van der Waals surface area contributed by atoms with Gasteiger partial charge in [-0.2, -0.15) is 10.1 Å². The van der Waals surface area contributed by atoms with E-state index in [4.69, 9.17) is 16.1 Å². The number of hydrogen-bond acceptors (Lipinski definition) is 4. The maximum Gasteiger partial charge on any atom is 0.278 e. The number of allylic oxidation sites excluding steroid dienone is 1. The molecule has 0 aliphatic rings. The Labute approximate surface area is 181 Å². The molecule has 0 amide bonds. The van der Waals surface area contributed by atoms with Gasteiger partial charge in [-0.3, -0.25) is 4.68 Å². The summed E-state index contributed by atoms with van der Waals surface area (Å²) in [5, 5.41) is 9.53. The van der Waals surface area contributed by atoms with E-state index in [0.717, 1.165) is 23.2 Å². The third-order valence-corrected chi connectivity index (χ3v) is 5.38. The SMILES string of the molecule is C=CCc1c(C)cc(-c2noc(-c3cc(-c4cccc(Cl)c4)n(CC)n3)n2)cc1C. The molecule has 0 fully saturated rings.